The highest BCUT2D eigenvalue weighted by atomic mass is 16.5. The number of ether oxygens (including phenoxy) is 1. The van der Waals surface area contributed by atoms with E-state index < -0.39 is 0 Å². The van der Waals surface area contributed by atoms with Gasteiger partial charge in [0, 0.05) is 19.2 Å². The van der Waals surface area contributed by atoms with E-state index in [0.29, 0.717) is 12.0 Å². The molecule has 0 bridgehead atoms. The van der Waals surface area contributed by atoms with E-state index in [-0.39, 0.29) is 6.04 Å². The topological polar surface area (TPSA) is 47.3 Å². The van der Waals surface area contributed by atoms with Crippen LogP contribution in [0.3, 0.4) is 0 Å². The highest BCUT2D eigenvalue weighted by molar-refractivity contribution is 5.18. The van der Waals surface area contributed by atoms with Crippen molar-refractivity contribution >= 4 is 0 Å². The Morgan fingerprint density at radius 3 is 2.83 bits per heavy atom. The third-order valence-corrected chi connectivity index (χ3v) is 3.80. The third-order valence-electron chi connectivity index (χ3n) is 3.80. The van der Waals surface area contributed by atoms with Crippen LogP contribution < -0.4 is 11.1 Å². The molecule has 3 heteroatoms. The van der Waals surface area contributed by atoms with E-state index in [2.05, 4.69) is 24.4 Å². The van der Waals surface area contributed by atoms with Crippen LogP contribution in [-0.4, -0.2) is 25.8 Å². The number of nitrogens with one attached hydrogen (secondary N) is 1. The van der Waals surface area contributed by atoms with E-state index in [1.165, 1.54) is 12.0 Å². The van der Waals surface area contributed by atoms with E-state index in [0.717, 1.165) is 26.1 Å². The predicted molar refractivity (Wildman–Crippen MR) is 74.4 cm³/mol. The molecule has 3 atom stereocenters. The lowest BCUT2D eigenvalue weighted by Crippen LogP contribution is -2.29. The van der Waals surface area contributed by atoms with Crippen molar-refractivity contribution in [1.29, 1.82) is 0 Å². The first-order chi connectivity index (χ1) is 8.77. The lowest BCUT2D eigenvalue weighted by atomic mass is 10.0. The Morgan fingerprint density at radius 1 is 1.39 bits per heavy atom. The first-order valence-electron chi connectivity index (χ1n) is 6.90. The summed E-state index contributed by atoms with van der Waals surface area (Å²) in [6, 6.07) is 10.4. The first-order valence-corrected chi connectivity index (χ1v) is 6.90. The average Bonchev–Trinajstić information content (AvgIpc) is 2.81. The standard InChI is InChI=1S/C15H24N2O/c1-12-14(8-10-18-12)11-17-9-7-15(16)13-5-3-2-4-6-13/h2-6,12,14-15,17H,7-11,16H2,1H3. The zero-order valence-corrected chi connectivity index (χ0v) is 11.1. The van der Waals surface area contributed by atoms with Gasteiger partial charge in [-0.05, 0) is 37.8 Å². The smallest absolute Gasteiger partial charge is 0.0588 e. The second-order valence-corrected chi connectivity index (χ2v) is 5.13. The van der Waals surface area contributed by atoms with Gasteiger partial charge in [-0.1, -0.05) is 30.3 Å². The van der Waals surface area contributed by atoms with Crippen LogP contribution in [-0.2, 0) is 4.74 Å². The molecule has 0 saturated carbocycles. The quantitative estimate of drug-likeness (QED) is 0.758. The minimum Gasteiger partial charge on any atom is -0.378 e. The van der Waals surface area contributed by atoms with Gasteiger partial charge in [0.1, 0.15) is 0 Å². The number of rotatable bonds is 6. The van der Waals surface area contributed by atoms with Crippen molar-refractivity contribution in [3.05, 3.63) is 35.9 Å². The SMILES string of the molecule is CC1OCCC1CNCCC(N)c1ccccc1. The molecule has 0 spiro atoms. The number of benzene rings is 1. The van der Waals surface area contributed by atoms with Crippen LogP contribution in [0.25, 0.3) is 0 Å². The maximum Gasteiger partial charge on any atom is 0.0588 e. The zero-order valence-electron chi connectivity index (χ0n) is 11.1. The van der Waals surface area contributed by atoms with Crippen molar-refractivity contribution < 1.29 is 4.74 Å². The third kappa shape index (κ3) is 3.80. The summed E-state index contributed by atoms with van der Waals surface area (Å²) >= 11 is 0. The molecule has 1 saturated heterocycles. The number of nitrogens with two attached hydrogens (primary N) is 1. The summed E-state index contributed by atoms with van der Waals surface area (Å²) in [7, 11) is 0. The molecule has 0 aliphatic carbocycles. The summed E-state index contributed by atoms with van der Waals surface area (Å²) in [5.74, 6) is 0.665. The lowest BCUT2D eigenvalue weighted by Gasteiger charge is -2.16. The maximum absolute atomic E-state index is 6.15. The van der Waals surface area contributed by atoms with Crippen LogP contribution in [0, 0.1) is 5.92 Å². The van der Waals surface area contributed by atoms with Crippen LogP contribution in [0.2, 0.25) is 0 Å². The van der Waals surface area contributed by atoms with Crippen LogP contribution in [0.15, 0.2) is 30.3 Å². The molecular weight excluding hydrogens is 224 g/mol. The minimum absolute atomic E-state index is 0.135. The predicted octanol–water partition coefficient (Wildman–Crippen LogP) is 2.09. The summed E-state index contributed by atoms with van der Waals surface area (Å²) < 4.78 is 5.55. The number of hydrogen-bond acceptors (Lipinski definition) is 3. The Morgan fingerprint density at radius 2 is 2.17 bits per heavy atom. The molecule has 18 heavy (non-hydrogen) atoms. The molecule has 2 rings (SSSR count). The van der Waals surface area contributed by atoms with Gasteiger partial charge in [0.2, 0.25) is 0 Å². The molecule has 0 radical (unpaired) electrons. The molecule has 3 unspecified atom stereocenters. The monoisotopic (exact) mass is 248 g/mol. The molecule has 3 N–H and O–H groups in total. The summed E-state index contributed by atoms with van der Waals surface area (Å²) in [6.45, 7) is 5.09. The fraction of sp³-hybridized carbons (Fsp3) is 0.600. The van der Waals surface area contributed by atoms with Crippen molar-refractivity contribution in [3.63, 3.8) is 0 Å². The Kier molecular flexibility index (Phi) is 5.17. The summed E-state index contributed by atoms with van der Waals surface area (Å²) in [5, 5.41) is 3.50. The molecular formula is C15H24N2O. The van der Waals surface area contributed by atoms with E-state index in [4.69, 9.17) is 10.5 Å². The highest BCUT2D eigenvalue weighted by Gasteiger charge is 2.23. The van der Waals surface area contributed by atoms with Crippen molar-refractivity contribution in [2.45, 2.75) is 31.9 Å². The Bertz CT molecular complexity index is 342. The highest BCUT2D eigenvalue weighted by Crippen LogP contribution is 2.19. The summed E-state index contributed by atoms with van der Waals surface area (Å²) in [4.78, 5) is 0. The van der Waals surface area contributed by atoms with Gasteiger partial charge in [-0.25, -0.2) is 0 Å². The zero-order chi connectivity index (χ0) is 12.8. The van der Waals surface area contributed by atoms with Crippen LogP contribution >= 0.6 is 0 Å². The lowest BCUT2D eigenvalue weighted by molar-refractivity contribution is 0.105. The molecule has 1 aliphatic rings. The molecule has 1 aromatic carbocycles. The second-order valence-electron chi connectivity index (χ2n) is 5.13. The van der Waals surface area contributed by atoms with Crippen LogP contribution in [0.5, 0.6) is 0 Å². The van der Waals surface area contributed by atoms with Crippen LogP contribution in [0.4, 0.5) is 0 Å². The second kappa shape index (κ2) is 6.88. The first kappa shape index (κ1) is 13.5. The normalized spacial score (nSPS) is 25.2. The van der Waals surface area contributed by atoms with Gasteiger partial charge in [-0.3, -0.25) is 0 Å². The summed E-state index contributed by atoms with van der Waals surface area (Å²) in [6.07, 6.45) is 2.56. The van der Waals surface area contributed by atoms with Crippen molar-refractivity contribution in [2.75, 3.05) is 19.7 Å². The van der Waals surface area contributed by atoms with Gasteiger partial charge in [0.05, 0.1) is 6.10 Å². The molecule has 0 amide bonds. The average molecular weight is 248 g/mol. The number of hydrogen-bond donors (Lipinski definition) is 2. The molecule has 1 aromatic rings. The molecule has 1 fully saturated rings. The van der Waals surface area contributed by atoms with Gasteiger partial charge in [0.15, 0.2) is 0 Å². The maximum atomic E-state index is 6.15. The molecule has 100 valence electrons. The fourth-order valence-electron chi connectivity index (χ4n) is 2.46. The van der Waals surface area contributed by atoms with Crippen molar-refractivity contribution in [2.24, 2.45) is 11.7 Å². The van der Waals surface area contributed by atoms with E-state index in [9.17, 15) is 0 Å². The molecule has 1 aliphatic heterocycles. The molecule has 1 heterocycles. The van der Waals surface area contributed by atoms with Gasteiger partial charge in [-0.2, -0.15) is 0 Å². The van der Waals surface area contributed by atoms with Gasteiger partial charge in [0.25, 0.3) is 0 Å². The molecule has 3 nitrogen and oxygen atoms in total. The van der Waals surface area contributed by atoms with Gasteiger partial charge < -0.3 is 15.8 Å². The van der Waals surface area contributed by atoms with Gasteiger partial charge in [-0.15, -0.1) is 0 Å². The van der Waals surface area contributed by atoms with Gasteiger partial charge >= 0.3 is 0 Å². The minimum atomic E-state index is 0.135. The van der Waals surface area contributed by atoms with Crippen LogP contribution in [0.1, 0.15) is 31.4 Å². The fourth-order valence-corrected chi connectivity index (χ4v) is 2.46. The summed E-state index contributed by atoms with van der Waals surface area (Å²) in [5.41, 5.74) is 7.37. The largest absolute Gasteiger partial charge is 0.378 e. The Labute approximate surface area is 110 Å². The Balaban J connectivity index is 1.63. The van der Waals surface area contributed by atoms with E-state index in [1.54, 1.807) is 0 Å². The van der Waals surface area contributed by atoms with Crippen molar-refractivity contribution in [1.82, 2.24) is 5.32 Å². The van der Waals surface area contributed by atoms with Crippen molar-refractivity contribution in [3.8, 4) is 0 Å². The Hall–Kier alpha value is -0.900. The van der Waals surface area contributed by atoms with E-state index in [1.807, 2.05) is 18.2 Å². The molecule has 0 aromatic heterocycles. The van der Waals surface area contributed by atoms with E-state index >= 15 is 0 Å².